The van der Waals surface area contributed by atoms with Crippen LogP contribution in [0.25, 0.3) is 0 Å². The van der Waals surface area contributed by atoms with Crippen LogP contribution >= 0.6 is 0 Å². The van der Waals surface area contributed by atoms with Gasteiger partial charge in [-0.15, -0.1) is 0 Å². The van der Waals surface area contributed by atoms with Crippen LogP contribution in [0.4, 0.5) is 0 Å². The number of sulfonamides is 1. The van der Waals surface area contributed by atoms with E-state index in [1.165, 1.54) is 6.20 Å². The van der Waals surface area contributed by atoms with Crippen molar-refractivity contribution in [3.63, 3.8) is 0 Å². The fraction of sp³-hybridized carbons (Fsp3) is 0.692. The zero-order valence-electron chi connectivity index (χ0n) is 11.4. The first-order chi connectivity index (χ1) is 9.11. The minimum Gasteiger partial charge on any atom is -0.366 e. The van der Waals surface area contributed by atoms with Crippen LogP contribution in [0.1, 0.15) is 32.6 Å². The third-order valence-corrected chi connectivity index (χ3v) is 6.03. The molecule has 108 valence electrons. The highest BCUT2D eigenvalue weighted by Gasteiger charge is 2.36. The molecule has 6 heteroatoms. The molecule has 2 rings (SSSR count). The number of H-pyrrole nitrogens is 1. The van der Waals surface area contributed by atoms with Gasteiger partial charge in [0.05, 0.1) is 4.90 Å². The van der Waals surface area contributed by atoms with Crippen LogP contribution in [0.2, 0.25) is 0 Å². The van der Waals surface area contributed by atoms with E-state index in [2.05, 4.69) is 4.98 Å². The quantitative estimate of drug-likeness (QED) is 0.861. The van der Waals surface area contributed by atoms with Gasteiger partial charge < -0.3 is 10.7 Å². The highest BCUT2D eigenvalue weighted by Crippen LogP contribution is 2.31. The predicted octanol–water partition coefficient (Wildman–Crippen LogP) is 1.54. The van der Waals surface area contributed by atoms with Crippen molar-refractivity contribution in [3.8, 4) is 0 Å². The SMILES string of the molecule is CCN(C1CCCCC1CN)S(=O)(=O)c1cc[nH]c1. The lowest BCUT2D eigenvalue weighted by Crippen LogP contribution is -2.47. The fourth-order valence-corrected chi connectivity index (χ4v) is 4.73. The van der Waals surface area contributed by atoms with Crippen LogP contribution in [0.15, 0.2) is 23.4 Å². The zero-order chi connectivity index (χ0) is 13.9. The van der Waals surface area contributed by atoms with Gasteiger partial charge in [0, 0.05) is 25.0 Å². The lowest BCUT2D eigenvalue weighted by molar-refractivity contribution is 0.187. The van der Waals surface area contributed by atoms with Crippen LogP contribution in [0.5, 0.6) is 0 Å². The molecule has 1 aliphatic carbocycles. The first-order valence-corrected chi connectivity index (χ1v) is 8.40. The fourth-order valence-electron chi connectivity index (χ4n) is 3.03. The summed E-state index contributed by atoms with van der Waals surface area (Å²) in [5, 5.41) is 0. The minimum atomic E-state index is -3.40. The van der Waals surface area contributed by atoms with Crippen molar-refractivity contribution in [1.82, 2.24) is 9.29 Å². The van der Waals surface area contributed by atoms with Gasteiger partial charge in [-0.3, -0.25) is 0 Å². The van der Waals surface area contributed by atoms with Crippen LogP contribution in [0, 0.1) is 5.92 Å². The summed E-state index contributed by atoms with van der Waals surface area (Å²) in [4.78, 5) is 3.16. The van der Waals surface area contributed by atoms with Crippen molar-refractivity contribution in [2.24, 2.45) is 11.7 Å². The van der Waals surface area contributed by atoms with Gasteiger partial charge in [0.15, 0.2) is 0 Å². The van der Waals surface area contributed by atoms with Crippen LogP contribution in [-0.4, -0.2) is 36.8 Å². The molecule has 0 bridgehead atoms. The Labute approximate surface area is 115 Å². The predicted molar refractivity (Wildman–Crippen MR) is 75.2 cm³/mol. The summed E-state index contributed by atoms with van der Waals surface area (Å²) in [5.74, 6) is 0.280. The Morgan fingerprint density at radius 2 is 2.16 bits per heavy atom. The molecule has 0 aromatic carbocycles. The highest BCUT2D eigenvalue weighted by molar-refractivity contribution is 7.89. The maximum Gasteiger partial charge on any atom is 0.244 e. The number of nitrogens with one attached hydrogen (secondary N) is 1. The van der Waals surface area contributed by atoms with Gasteiger partial charge in [-0.1, -0.05) is 19.8 Å². The number of nitrogens with zero attached hydrogens (tertiary/aromatic N) is 1. The summed E-state index contributed by atoms with van der Waals surface area (Å²) >= 11 is 0. The van der Waals surface area contributed by atoms with Gasteiger partial charge in [-0.2, -0.15) is 4.31 Å². The summed E-state index contributed by atoms with van der Waals surface area (Å²) in [6.45, 7) is 2.95. The zero-order valence-corrected chi connectivity index (χ0v) is 12.2. The molecule has 1 aromatic rings. The highest BCUT2D eigenvalue weighted by atomic mass is 32.2. The van der Waals surface area contributed by atoms with E-state index in [4.69, 9.17) is 5.73 Å². The minimum absolute atomic E-state index is 0.0450. The monoisotopic (exact) mass is 285 g/mol. The topological polar surface area (TPSA) is 79.2 Å². The van der Waals surface area contributed by atoms with Crippen molar-refractivity contribution in [3.05, 3.63) is 18.5 Å². The smallest absolute Gasteiger partial charge is 0.244 e. The van der Waals surface area contributed by atoms with Crippen molar-refractivity contribution < 1.29 is 8.42 Å². The Morgan fingerprint density at radius 3 is 2.74 bits per heavy atom. The first kappa shape index (κ1) is 14.6. The third-order valence-electron chi connectivity index (χ3n) is 4.03. The van der Waals surface area contributed by atoms with Crippen molar-refractivity contribution in [2.75, 3.05) is 13.1 Å². The van der Waals surface area contributed by atoms with Gasteiger partial charge in [0.2, 0.25) is 10.0 Å². The Hall–Kier alpha value is -0.850. The summed E-state index contributed by atoms with van der Waals surface area (Å²) in [6.07, 6.45) is 7.36. The van der Waals surface area contributed by atoms with Gasteiger partial charge in [0.25, 0.3) is 0 Å². The molecule has 3 N–H and O–H groups in total. The maximum absolute atomic E-state index is 12.7. The maximum atomic E-state index is 12.7. The number of aromatic amines is 1. The Morgan fingerprint density at radius 1 is 1.42 bits per heavy atom. The van der Waals surface area contributed by atoms with E-state index < -0.39 is 10.0 Å². The molecule has 0 aliphatic heterocycles. The lowest BCUT2D eigenvalue weighted by Gasteiger charge is -2.38. The Kier molecular flexibility index (Phi) is 4.65. The second-order valence-electron chi connectivity index (χ2n) is 5.10. The molecule has 1 heterocycles. The molecule has 1 fully saturated rings. The molecule has 2 atom stereocenters. The van der Waals surface area contributed by atoms with E-state index >= 15 is 0 Å². The third kappa shape index (κ3) is 2.85. The van der Waals surface area contributed by atoms with Gasteiger partial charge >= 0.3 is 0 Å². The molecule has 1 saturated carbocycles. The molecule has 0 radical (unpaired) electrons. The second-order valence-corrected chi connectivity index (χ2v) is 6.99. The Bertz CT molecular complexity index is 484. The number of nitrogens with two attached hydrogens (primary N) is 1. The van der Waals surface area contributed by atoms with Crippen molar-refractivity contribution in [1.29, 1.82) is 0 Å². The molecule has 5 nitrogen and oxygen atoms in total. The van der Waals surface area contributed by atoms with E-state index in [0.29, 0.717) is 18.0 Å². The number of rotatable bonds is 5. The summed E-state index contributed by atoms with van der Waals surface area (Å²) in [6, 6.07) is 1.65. The number of hydrogen-bond donors (Lipinski definition) is 2. The summed E-state index contributed by atoms with van der Waals surface area (Å²) in [7, 11) is -3.40. The molecule has 1 aliphatic rings. The van der Waals surface area contributed by atoms with E-state index in [1.807, 2.05) is 6.92 Å². The second kappa shape index (κ2) is 6.07. The van der Waals surface area contributed by atoms with Crippen LogP contribution in [0.3, 0.4) is 0 Å². The normalized spacial score (nSPS) is 24.8. The summed E-state index contributed by atoms with van der Waals surface area (Å²) in [5.41, 5.74) is 5.82. The van der Waals surface area contributed by atoms with Gasteiger partial charge in [0.1, 0.15) is 0 Å². The largest absolute Gasteiger partial charge is 0.366 e. The Balaban J connectivity index is 2.28. The average Bonchev–Trinajstić information content (AvgIpc) is 2.94. The van der Waals surface area contributed by atoms with Crippen LogP contribution < -0.4 is 5.73 Å². The number of hydrogen-bond acceptors (Lipinski definition) is 3. The number of aromatic nitrogens is 1. The molecule has 19 heavy (non-hydrogen) atoms. The molecule has 0 spiro atoms. The first-order valence-electron chi connectivity index (χ1n) is 6.96. The summed E-state index contributed by atoms with van der Waals surface area (Å²) < 4.78 is 26.9. The average molecular weight is 285 g/mol. The molecule has 1 aromatic heterocycles. The molecular formula is C13H23N3O2S. The molecule has 0 amide bonds. The molecular weight excluding hydrogens is 262 g/mol. The van der Waals surface area contributed by atoms with E-state index in [-0.39, 0.29) is 12.0 Å². The van der Waals surface area contributed by atoms with Crippen molar-refractivity contribution >= 4 is 10.0 Å². The standard InChI is InChI=1S/C13H23N3O2S/c1-2-16(13-6-4-3-5-11(13)9-14)19(17,18)12-7-8-15-10-12/h7-8,10-11,13,15H,2-6,9,14H2,1H3. The van der Waals surface area contributed by atoms with Crippen LogP contribution in [-0.2, 0) is 10.0 Å². The lowest BCUT2D eigenvalue weighted by atomic mass is 9.84. The van der Waals surface area contributed by atoms with Gasteiger partial charge in [-0.25, -0.2) is 8.42 Å². The van der Waals surface area contributed by atoms with Gasteiger partial charge in [-0.05, 0) is 31.4 Å². The molecule has 0 saturated heterocycles. The molecule has 2 unspecified atom stereocenters. The van der Waals surface area contributed by atoms with E-state index in [0.717, 1.165) is 25.7 Å². The van der Waals surface area contributed by atoms with E-state index in [1.54, 1.807) is 16.6 Å². The van der Waals surface area contributed by atoms with Crippen molar-refractivity contribution in [2.45, 2.75) is 43.5 Å². The van der Waals surface area contributed by atoms with E-state index in [9.17, 15) is 8.42 Å².